The standard InChI is InChI=1S/C22H19ClN2O/c1-15-10-16(2)12-17(11-15)14-26-25-21-13-19(23)8-9-20(21)24-22(25)18-6-4-3-5-7-18/h3-13H,14H2,1-2H3. The average Bonchev–Trinajstić information content (AvgIpc) is 2.97. The van der Waals surface area contributed by atoms with Crippen molar-refractivity contribution in [2.45, 2.75) is 20.5 Å². The molecule has 130 valence electrons. The maximum atomic E-state index is 6.21. The van der Waals surface area contributed by atoms with Crippen LogP contribution in [0.5, 0.6) is 0 Å². The van der Waals surface area contributed by atoms with Gasteiger partial charge in [-0.2, -0.15) is 4.73 Å². The van der Waals surface area contributed by atoms with Gasteiger partial charge in [0.25, 0.3) is 0 Å². The molecule has 0 fully saturated rings. The van der Waals surface area contributed by atoms with Crippen LogP contribution in [0.15, 0.2) is 66.7 Å². The van der Waals surface area contributed by atoms with Crippen molar-refractivity contribution in [3.05, 3.63) is 88.4 Å². The first-order valence-electron chi connectivity index (χ1n) is 8.54. The topological polar surface area (TPSA) is 27.1 Å². The molecule has 1 aromatic heterocycles. The predicted octanol–water partition coefficient (Wildman–Crippen LogP) is 5.60. The Kier molecular flexibility index (Phi) is 4.39. The van der Waals surface area contributed by atoms with Crippen LogP contribution in [0.2, 0.25) is 5.02 Å². The van der Waals surface area contributed by atoms with Gasteiger partial charge in [0.2, 0.25) is 0 Å². The van der Waals surface area contributed by atoms with E-state index in [1.165, 1.54) is 11.1 Å². The number of aromatic nitrogens is 2. The molecule has 0 spiro atoms. The van der Waals surface area contributed by atoms with Crippen molar-refractivity contribution >= 4 is 22.6 Å². The van der Waals surface area contributed by atoms with Gasteiger partial charge in [-0.05, 0) is 37.6 Å². The summed E-state index contributed by atoms with van der Waals surface area (Å²) in [5, 5.41) is 0.660. The third-order valence-corrected chi connectivity index (χ3v) is 4.48. The summed E-state index contributed by atoms with van der Waals surface area (Å²) in [6.07, 6.45) is 0. The Morgan fingerprint density at radius 1 is 0.923 bits per heavy atom. The van der Waals surface area contributed by atoms with Gasteiger partial charge >= 0.3 is 0 Å². The Balaban J connectivity index is 1.77. The minimum Gasteiger partial charge on any atom is -0.407 e. The Labute approximate surface area is 157 Å². The van der Waals surface area contributed by atoms with Crippen molar-refractivity contribution in [1.29, 1.82) is 0 Å². The molecule has 0 amide bonds. The normalized spacial score (nSPS) is 11.0. The first-order chi connectivity index (χ1) is 12.6. The van der Waals surface area contributed by atoms with E-state index >= 15 is 0 Å². The van der Waals surface area contributed by atoms with Gasteiger partial charge in [0, 0.05) is 10.6 Å². The summed E-state index contributed by atoms with van der Waals surface area (Å²) in [4.78, 5) is 10.9. The third-order valence-electron chi connectivity index (χ3n) is 4.25. The van der Waals surface area contributed by atoms with Crippen LogP contribution in [0.1, 0.15) is 16.7 Å². The Hall–Kier alpha value is -2.78. The molecule has 0 bridgehead atoms. The number of fused-ring (bicyclic) bond motifs is 1. The van der Waals surface area contributed by atoms with Crippen LogP contribution in [0.4, 0.5) is 0 Å². The van der Waals surface area contributed by atoms with E-state index in [2.05, 4.69) is 32.0 Å². The van der Waals surface area contributed by atoms with Crippen LogP contribution in [-0.2, 0) is 6.61 Å². The average molecular weight is 363 g/mol. The van der Waals surface area contributed by atoms with E-state index in [-0.39, 0.29) is 0 Å². The minimum atomic E-state index is 0.459. The van der Waals surface area contributed by atoms with E-state index in [0.717, 1.165) is 28.0 Å². The summed E-state index contributed by atoms with van der Waals surface area (Å²) < 4.78 is 1.79. The number of imidazole rings is 1. The highest BCUT2D eigenvalue weighted by atomic mass is 35.5. The zero-order valence-electron chi connectivity index (χ0n) is 14.7. The minimum absolute atomic E-state index is 0.459. The van der Waals surface area contributed by atoms with Crippen molar-refractivity contribution in [3.8, 4) is 11.4 Å². The number of nitrogens with zero attached hydrogens (tertiary/aromatic N) is 2. The molecule has 0 N–H and O–H groups in total. The molecule has 0 aliphatic rings. The SMILES string of the molecule is Cc1cc(C)cc(COn2c(-c3ccccc3)nc3ccc(Cl)cc32)c1. The fourth-order valence-corrected chi connectivity index (χ4v) is 3.38. The summed E-state index contributed by atoms with van der Waals surface area (Å²) in [6, 6.07) is 22.1. The smallest absolute Gasteiger partial charge is 0.176 e. The Morgan fingerprint density at radius 2 is 1.65 bits per heavy atom. The number of hydrogen-bond donors (Lipinski definition) is 0. The number of hydrogen-bond acceptors (Lipinski definition) is 2. The van der Waals surface area contributed by atoms with Gasteiger partial charge in [0.15, 0.2) is 5.82 Å². The fourth-order valence-electron chi connectivity index (χ4n) is 3.22. The fraction of sp³-hybridized carbons (Fsp3) is 0.136. The molecule has 4 rings (SSSR count). The van der Waals surface area contributed by atoms with Gasteiger partial charge in [-0.1, -0.05) is 71.3 Å². The van der Waals surface area contributed by atoms with E-state index < -0.39 is 0 Å². The molecule has 0 saturated heterocycles. The van der Waals surface area contributed by atoms with Crippen LogP contribution in [0, 0.1) is 13.8 Å². The van der Waals surface area contributed by atoms with E-state index in [9.17, 15) is 0 Å². The second-order valence-corrected chi connectivity index (χ2v) is 6.93. The second kappa shape index (κ2) is 6.85. The molecule has 0 saturated carbocycles. The van der Waals surface area contributed by atoms with E-state index in [0.29, 0.717) is 11.6 Å². The highest BCUT2D eigenvalue weighted by Gasteiger charge is 2.14. The van der Waals surface area contributed by atoms with Crippen LogP contribution < -0.4 is 4.84 Å². The molecule has 3 nitrogen and oxygen atoms in total. The number of benzene rings is 3. The van der Waals surface area contributed by atoms with Gasteiger partial charge < -0.3 is 4.84 Å². The molecule has 0 aliphatic carbocycles. The molecule has 4 heteroatoms. The molecule has 26 heavy (non-hydrogen) atoms. The third kappa shape index (κ3) is 3.31. The number of halogens is 1. The summed E-state index contributed by atoms with van der Waals surface area (Å²) in [5.41, 5.74) is 6.30. The molecular formula is C22H19ClN2O. The Bertz CT molecular complexity index is 1050. The molecule has 0 aliphatic heterocycles. The van der Waals surface area contributed by atoms with Gasteiger partial charge in [-0.15, -0.1) is 0 Å². The lowest BCUT2D eigenvalue weighted by Gasteiger charge is -2.12. The lowest BCUT2D eigenvalue weighted by molar-refractivity contribution is 0.110. The maximum absolute atomic E-state index is 6.21. The highest BCUT2D eigenvalue weighted by molar-refractivity contribution is 6.31. The Morgan fingerprint density at radius 3 is 2.38 bits per heavy atom. The zero-order chi connectivity index (χ0) is 18.1. The number of rotatable bonds is 4. The van der Waals surface area contributed by atoms with Crippen molar-refractivity contribution in [2.75, 3.05) is 0 Å². The lowest BCUT2D eigenvalue weighted by atomic mass is 10.1. The van der Waals surface area contributed by atoms with Crippen molar-refractivity contribution in [3.63, 3.8) is 0 Å². The summed E-state index contributed by atoms with van der Waals surface area (Å²) in [7, 11) is 0. The van der Waals surface area contributed by atoms with Gasteiger partial charge in [0.05, 0.1) is 5.52 Å². The quantitative estimate of drug-likeness (QED) is 0.472. The predicted molar refractivity (Wildman–Crippen MR) is 106 cm³/mol. The van der Waals surface area contributed by atoms with Crippen molar-refractivity contribution < 1.29 is 4.84 Å². The van der Waals surface area contributed by atoms with Gasteiger partial charge in [-0.3, -0.25) is 0 Å². The lowest BCUT2D eigenvalue weighted by Crippen LogP contribution is -2.13. The largest absolute Gasteiger partial charge is 0.407 e. The van der Waals surface area contributed by atoms with Crippen LogP contribution in [0.3, 0.4) is 0 Å². The van der Waals surface area contributed by atoms with Crippen molar-refractivity contribution in [1.82, 2.24) is 9.71 Å². The van der Waals surface area contributed by atoms with Gasteiger partial charge in [-0.25, -0.2) is 4.98 Å². The second-order valence-electron chi connectivity index (χ2n) is 6.50. The summed E-state index contributed by atoms with van der Waals surface area (Å²) >= 11 is 6.21. The van der Waals surface area contributed by atoms with Crippen LogP contribution in [-0.4, -0.2) is 9.71 Å². The first-order valence-corrected chi connectivity index (χ1v) is 8.92. The molecule has 0 atom stereocenters. The van der Waals surface area contributed by atoms with E-state index in [1.807, 2.05) is 48.5 Å². The monoisotopic (exact) mass is 362 g/mol. The molecular weight excluding hydrogens is 344 g/mol. The maximum Gasteiger partial charge on any atom is 0.176 e. The summed E-state index contributed by atoms with van der Waals surface area (Å²) in [5.74, 6) is 0.771. The van der Waals surface area contributed by atoms with E-state index in [4.69, 9.17) is 21.4 Å². The molecule has 4 aromatic rings. The van der Waals surface area contributed by atoms with Gasteiger partial charge in [0.1, 0.15) is 12.1 Å². The zero-order valence-corrected chi connectivity index (χ0v) is 15.5. The van der Waals surface area contributed by atoms with Crippen LogP contribution >= 0.6 is 11.6 Å². The molecule has 0 radical (unpaired) electrons. The number of aryl methyl sites for hydroxylation is 2. The molecule has 0 unspecified atom stereocenters. The molecule has 1 heterocycles. The molecule has 3 aromatic carbocycles. The van der Waals surface area contributed by atoms with Crippen LogP contribution in [0.25, 0.3) is 22.4 Å². The van der Waals surface area contributed by atoms with E-state index in [1.54, 1.807) is 4.73 Å². The van der Waals surface area contributed by atoms with Crippen molar-refractivity contribution in [2.24, 2.45) is 0 Å². The first kappa shape index (κ1) is 16.7. The highest BCUT2D eigenvalue weighted by Crippen LogP contribution is 2.26. The summed E-state index contributed by atoms with van der Waals surface area (Å²) in [6.45, 7) is 4.65.